The molecule has 1 amide bonds. The van der Waals surface area contributed by atoms with Crippen LogP contribution in [0, 0.1) is 11.7 Å². The predicted molar refractivity (Wildman–Crippen MR) is 119 cm³/mol. The second-order valence-electron chi connectivity index (χ2n) is 8.51. The molecular weight excluding hydrogens is 464 g/mol. The Bertz CT molecular complexity index is 1410. The number of hydrogen-bond acceptors (Lipinski definition) is 4. The third-order valence-electron chi connectivity index (χ3n) is 6.26. The highest BCUT2D eigenvalue weighted by molar-refractivity contribution is 5.94. The lowest BCUT2D eigenvalue weighted by Crippen LogP contribution is -2.31. The number of alkyl halides is 3. The highest BCUT2D eigenvalue weighted by Crippen LogP contribution is 2.36. The monoisotopic (exact) mass is 486 g/mol. The van der Waals surface area contributed by atoms with E-state index < -0.39 is 17.9 Å². The quantitative estimate of drug-likeness (QED) is 0.426. The van der Waals surface area contributed by atoms with Gasteiger partial charge < -0.3 is 9.88 Å². The fourth-order valence-corrected chi connectivity index (χ4v) is 4.40. The van der Waals surface area contributed by atoms with E-state index in [9.17, 15) is 22.4 Å². The molecule has 35 heavy (non-hydrogen) atoms. The molecule has 7 nitrogen and oxygen atoms in total. The van der Waals surface area contributed by atoms with E-state index in [0.717, 1.165) is 0 Å². The summed E-state index contributed by atoms with van der Waals surface area (Å²) in [6.45, 7) is 2.17. The molecule has 1 aliphatic heterocycles. The van der Waals surface area contributed by atoms with Gasteiger partial charge >= 0.3 is 6.18 Å². The zero-order valence-corrected chi connectivity index (χ0v) is 18.8. The van der Waals surface area contributed by atoms with Crippen LogP contribution in [0.15, 0.2) is 42.9 Å². The first kappa shape index (κ1) is 23.0. The highest BCUT2D eigenvalue weighted by atomic mass is 19.4. The van der Waals surface area contributed by atoms with Gasteiger partial charge in [0.15, 0.2) is 0 Å². The SMILES string of the molecule is CCc1nc2ncccn2c1C(=O)NCc1ccc(-c2cn3c(n2)CC(C(F)(F)F)CC3)c(F)c1. The van der Waals surface area contributed by atoms with Gasteiger partial charge in [0.05, 0.1) is 17.3 Å². The Morgan fingerprint density at radius 3 is 2.83 bits per heavy atom. The number of rotatable bonds is 5. The van der Waals surface area contributed by atoms with Gasteiger partial charge in [-0.25, -0.2) is 19.3 Å². The third kappa shape index (κ3) is 4.38. The standard InChI is InChI=1S/C24H22F4N6O/c1-2-18-21(34-8-3-7-29-23(34)32-18)22(35)30-12-14-4-5-16(17(25)10-14)19-13-33-9-6-15(24(26,27)28)11-20(33)31-19/h3-5,7-8,10,13,15H,2,6,9,11-12H2,1H3,(H,30,35). The summed E-state index contributed by atoms with van der Waals surface area (Å²) in [6.07, 6.45) is 0.939. The number of aryl methyl sites for hydroxylation is 2. The number of nitrogens with zero attached hydrogens (tertiary/aromatic N) is 5. The summed E-state index contributed by atoms with van der Waals surface area (Å²) in [5.74, 6) is -1.62. The molecule has 11 heteroatoms. The number of benzene rings is 1. The Kier molecular flexibility index (Phi) is 5.78. The number of amides is 1. The normalized spacial score (nSPS) is 15.9. The van der Waals surface area contributed by atoms with Gasteiger partial charge in [0.2, 0.25) is 5.78 Å². The van der Waals surface area contributed by atoms with Crippen LogP contribution >= 0.6 is 0 Å². The third-order valence-corrected chi connectivity index (χ3v) is 6.26. The molecule has 3 aromatic heterocycles. The molecule has 1 unspecified atom stereocenters. The zero-order chi connectivity index (χ0) is 24.7. The number of carbonyl (C=O) groups excluding carboxylic acids is 1. The number of imidazole rings is 2. The molecule has 0 bridgehead atoms. The molecule has 0 saturated carbocycles. The second-order valence-corrected chi connectivity index (χ2v) is 8.51. The van der Waals surface area contributed by atoms with Crippen LogP contribution in [-0.2, 0) is 25.9 Å². The Labute approximate surface area is 197 Å². The molecule has 5 rings (SSSR count). The summed E-state index contributed by atoms with van der Waals surface area (Å²) in [6, 6.07) is 6.19. The second kappa shape index (κ2) is 8.79. The number of carbonyl (C=O) groups is 1. The Hall–Kier alpha value is -3.76. The van der Waals surface area contributed by atoms with Crippen LogP contribution in [0.5, 0.6) is 0 Å². The Morgan fingerprint density at radius 1 is 1.26 bits per heavy atom. The topological polar surface area (TPSA) is 77.1 Å². The minimum atomic E-state index is -4.27. The number of halogens is 4. The molecule has 1 aliphatic rings. The highest BCUT2D eigenvalue weighted by Gasteiger charge is 2.41. The molecule has 182 valence electrons. The lowest BCUT2D eigenvalue weighted by molar-refractivity contribution is -0.179. The largest absolute Gasteiger partial charge is 0.392 e. The molecule has 0 saturated heterocycles. The van der Waals surface area contributed by atoms with Crippen LogP contribution in [0.3, 0.4) is 0 Å². The fraction of sp³-hybridized carbons (Fsp3) is 0.333. The van der Waals surface area contributed by atoms with Gasteiger partial charge in [-0.3, -0.25) is 9.20 Å². The number of fused-ring (bicyclic) bond motifs is 2. The van der Waals surface area contributed by atoms with Crippen molar-refractivity contribution in [3.63, 3.8) is 0 Å². The number of nitrogens with one attached hydrogen (secondary N) is 1. The zero-order valence-electron chi connectivity index (χ0n) is 18.8. The van der Waals surface area contributed by atoms with Crippen LogP contribution in [-0.4, -0.2) is 36.0 Å². The lowest BCUT2D eigenvalue weighted by Gasteiger charge is -2.25. The van der Waals surface area contributed by atoms with Crippen molar-refractivity contribution in [3.05, 3.63) is 71.4 Å². The number of aromatic nitrogens is 5. The maximum absolute atomic E-state index is 14.9. The van der Waals surface area contributed by atoms with Crippen molar-refractivity contribution >= 4 is 11.7 Å². The molecule has 0 spiro atoms. The van der Waals surface area contributed by atoms with Gasteiger partial charge in [0.1, 0.15) is 17.3 Å². The van der Waals surface area contributed by atoms with Crippen molar-refractivity contribution < 1.29 is 22.4 Å². The van der Waals surface area contributed by atoms with E-state index in [4.69, 9.17) is 0 Å². The molecule has 1 atom stereocenters. The average Bonchev–Trinajstić information content (AvgIpc) is 3.42. The van der Waals surface area contributed by atoms with E-state index in [1.165, 1.54) is 12.1 Å². The van der Waals surface area contributed by atoms with Gasteiger partial charge in [0.25, 0.3) is 5.91 Å². The van der Waals surface area contributed by atoms with Crippen molar-refractivity contribution in [3.8, 4) is 11.3 Å². The van der Waals surface area contributed by atoms with E-state index >= 15 is 0 Å². The molecule has 0 radical (unpaired) electrons. The van der Waals surface area contributed by atoms with Crippen molar-refractivity contribution in [2.24, 2.45) is 5.92 Å². The molecule has 0 aliphatic carbocycles. The van der Waals surface area contributed by atoms with E-state index in [2.05, 4.69) is 20.3 Å². The number of hydrogen-bond donors (Lipinski definition) is 1. The Morgan fingerprint density at radius 2 is 2.09 bits per heavy atom. The van der Waals surface area contributed by atoms with Crippen LogP contribution in [0.1, 0.15) is 40.9 Å². The van der Waals surface area contributed by atoms with Crippen LogP contribution in [0.25, 0.3) is 17.0 Å². The fourth-order valence-electron chi connectivity index (χ4n) is 4.40. The van der Waals surface area contributed by atoms with E-state index in [1.54, 1.807) is 39.7 Å². The smallest absolute Gasteiger partial charge is 0.347 e. The first-order chi connectivity index (χ1) is 16.7. The van der Waals surface area contributed by atoms with Gasteiger partial charge in [0, 0.05) is 43.7 Å². The molecule has 0 fully saturated rings. The summed E-state index contributed by atoms with van der Waals surface area (Å²) in [4.78, 5) is 25.7. The van der Waals surface area contributed by atoms with E-state index in [0.29, 0.717) is 40.7 Å². The first-order valence-electron chi connectivity index (χ1n) is 11.3. The van der Waals surface area contributed by atoms with Gasteiger partial charge in [-0.2, -0.15) is 13.2 Å². The van der Waals surface area contributed by atoms with Gasteiger partial charge in [-0.1, -0.05) is 13.0 Å². The molecular formula is C24H22F4N6O. The minimum absolute atomic E-state index is 0.0182. The van der Waals surface area contributed by atoms with E-state index in [1.807, 2.05) is 6.92 Å². The van der Waals surface area contributed by atoms with Crippen molar-refractivity contribution in [1.82, 2.24) is 29.2 Å². The van der Waals surface area contributed by atoms with Gasteiger partial charge in [-0.15, -0.1) is 0 Å². The molecule has 1 aromatic carbocycles. The molecule has 4 heterocycles. The summed E-state index contributed by atoms with van der Waals surface area (Å²) in [5.41, 5.74) is 2.02. The maximum atomic E-state index is 14.9. The maximum Gasteiger partial charge on any atom is 0.392 e. The average molecular weight is 486 g/mol. The summed E-state index contributed by atoms with van der Waals surface area (Å²) in [7, 11) is 0. The van der Waals surface area contributed by atoms with Crippen LogP contribution < -0.4 is 5.32 Å². The Balaban J connectivity index is 1.31. The minimum Gasteiger partial charge on any atom is -0.347 e. The van der Waals surface area contributed by atoms with Crippen LogP contribution in [0.4, 0.5) is 17.6 Å². The van der Waals surface area contributed by atoms with Crippen molar-refractivity contribution in [2.45, 2.75) is 45.5 Å². The molecule has 4 aromatic rings. The summed E-state index contributed by atoms with van der Waals surface area (Å²) < 4.78 is 57.4. The lowest BCUT2D eigenvalue weighted by atomic mass is 9.97. The van der Waals surface area contributed by atoms with Crippen molar-refractivity contribution in [2.75, 3.05) is 0 Å². The van der Waals surface area contributed by atoms with E-state index in [-0.39, 0.29) is 37.4 Å². The van der Waals surface area contributed by atoms with Crippen LogP contribution in [0.2, 0.25) is 0 Å². The predicted octanol–water partition coefficient (Wildman–Crippen LogP) is 4.35. The summed E-state index contributed by atoms with van der Waals surface area (Å²) in [5, 5.41) is 2.79. The van der Waals surface area contributed by atoms with Crippen molar-refractivity contribution in [1.29, 1.82) is 0 Å². The van der Waals surface area contributed by atoms with Gasteiger partial charge in [-0.05, 0) is 36.6 Å². The summed E-state index contributed by atoms with van der Waals surface area (Å²) >= 11 is 0. The first-order valence-corrected chi connectivity index (χ1v) is 11.3. The molecule has 1 N–H and O–H groups in total.